The van der Waals surface area contributed by atoms with Crippen molar-refractivity contribution in [2.45, 2.75) is 31.8 Å². The lowest BCUT2D eigenvalue weighted by molar-refractivity contribution is 0.146. The number of likely N-dealkylation sites (tertiary alicyclic amines) is 1. The number of rotatable bonds is 3. The number of hydrogen-bond acceptors (Lipinski definition) is 2. The van der Waals surface area contributed by atoms with E-state index < -0.39 is 0 Å². The maximum Gasteiger partial charge on any atom is 0.0233 e. The fourth-order valence-electron chi connectivity index (χ4n) is 2.30. The van der Waals surface area contributed by atoms with E-state index in [2.05, 4.69) is 71.0 Å². The molecule has 1 fully saturated rings. The molecular weight excluding hydrogens is 323 g/mol. The summed E-state index contributed by atoms with van der Waals surface area (Å²) >= 11 is 2.35. The first kappa shape index (κ1) is 13.3. The van der Waals surface area contributed by atoms with Gasteiger partial charge in [0.1, 0.15) is 0 Å². The van der Waals surface area contributed by atoms with Crippen molar-refractivity contribution in [1.29, 1.82) is 0 Å². The first-order valence-corrected chi connectivity index (χ1v) is 7.35. The van der Waals surface area contributed by atoms with Crippen LogP contribution in [0, 0.1) is 3.57 Å². The number of halogens is 1. The Morgan fingerprint density at radius 3 is 2.35 bits per heavy atom. The lowest BCUT2D eigenvalue weighted by atomic mass is 9.90. The third kappa shape index (κ3) is 3.66. The highest BCUT2D eigenvalue weighted by Gasteiger charge is 2.27. The Morgan fingerprint density at radius 1 is 1.24 bits per heavy atom. The van der Waals surface area contributed by atoms with Crippen LogP contribution in [0.5, 0.6) is 0 Å². The van der Waals surface area contributed by atoms with Gasteiger partial charge in [0.15, 0.2) is 0 Å². The van der Waals surface area contributed by atoms with Gasteiger partial charge in [-0.15, -0.1) is 0 Å². The predicted octanol–water partition coefficient (Wildman–Crippen LogP) is 2.87. The van der Waals surface area contributed by atoms with Crippen molar-refractivity contribution in [2.75, 3.05) is 20.1 Å². The van der Waals surface area contributed by atoms with Crippen LogP contribution < -0.4 is 5.32 Å². The molecule has 0 radical (unpaired) electrons. The summed E-state index contributed by atoms with van der Waals surface area (Å²) in [5, 5.41) is 3.44. The molecular formula is C14H21IN2. The largest absolute Gasteiger partial charge is 0.314 e. The van der Waals surface area contributed by atoms with Gasteiger partial charge in [-0.2, -0.15) is 0 Å². The van der Waals surface area contributed by atoms with Gasteiger partial charge in [-0.05, 0) is 67.1 Å². The molecule has 2 nitrogen and oxygen atoms in total. The van der Waals surface area contributed by atoms with E-state index in [-0.39, 0.29) is 0 Å². The number of nitrogens with zero attached hydrogens (tertiary/aromatic N) is 1. The van der Waals surface area contributed by atoms with Crippen molar-refractivity contribution in [3.63, 3.8) is 0 Å². The van der Waals surface area contributed by atoms with E-state index in [0.29, 0.717) is 5.54 Å². The van der Waals surface area contributed by atoms with Gasteiger partial charge in [-0.25, -0.2) is 0 Å². The molecule has 1 aromatic rings. The molecule has 0 aromatic heterocycles. The summed E-state index contributed by atoms with van der Waals surface area (Å²) in [6.45, 7) is 5.82. The third-order valence-corrected chi connectivity index (χ3v) is 4.60. The third-order valence-electron chi connectivity index (χ3n) is 3.88. The molecule has 0 aliphatic carbocycles. The maximum absolute atomic E-state index is 3.44. The number of hydrogen-bond donors (Lipinski definition) is 1. The van der Waals surface area contributed by atoms with E-state index in [0.717, 1.165) is 6.54 Å². The van der Waals surface area contributed by atoms with Gasteiger partial charge >= 0.3 is 0 Å². The fraction of sp³-hybridized carbons (Fsp3) is 0.571. The molecule has 0 unspecified atom stereocenters. The minimum Gasteiger partial charge on any atom is -0.314 e. The highest BCUT2D eigenvalue weighted by atomic mass is 127. The zero-order chi connectivity index (χ0) is 12.3. The lowest BCUT2D eigenvalue weighted by Crippen LogP contribution is -2.49. The first-order valence-electron chi connectivity index (χ1n) is 6.27. The van der Waals surface area contributed by atoms with Gasteiger partial charge in [0.25, 0.3) is 0 Å². The van der Waals surface area contributed by atoms with Crippen LogP contribution in [0.4, 0.5) is 0 Å². The van der Waals surface area contributed by atoms with E-state index in [1.165, 1.54) is 35.1 Å². The molecule has 94 valence electrons. The quantitative estimate of drug-likeness (QED) is 0.849. The molecule has 17 heavy (non-hydrogen) atoms. The van der Waals surface area contributed by atoms with Crippen molar-refractivity contribution in [2.24, 2.45) is 0 Å². The maximum atomic E-state index is 3.44. The summed E-state index contributed by atoms with van der Waals surface area (Å²) in [4.78, 5) is 2.56. The van der Waals surface area contributed by atoms with Crippen LogP contribution >= 0.6 is 22.6 Å². The van der Waals surface area contributed by atoms with Gasteiger partial charge in [-0.3, -0.25) is 4.90 Å². The highest BCUT2D eigenvalue weighted by molar-refractivity contribution is 14.1. The standard InChI is InChI=1S/C14H21IN2/c1-14(16-2)7-9-17(10-8-14)11-12-3-5-13(15)6-4-12/h3-6,16H,7-11H2,1-2H3. The van der Waals surface area contributed by atoms with Crippen LogP contribution in [0.25, 0.3) is 0 Å². The molecule has 0 saturated carbocycles. The van der Waals surface area contributed by atoms with Crippen LogP contribution in [-0.2, 0) is 6.54 Å². The first-order chi connectivity index (χ1) is 8.11. The van der Waals surface area contributed by atoms with Crippen LogP contribution in [-0.4, -0.2) is 30.6 Å². The van der Waals surface area contributed by atoms with Gasteiger partial charge in [-0.1, -0.05) is 12.1 Å². The summed E-state index contributed by atoms with van der Waals surface area (Å²) in [6, 6.07) is 8.87. The van der Waals surface area contributed by atoms with E-state index in [1.54, 1.807) is 0 Å². The van der Waals surface area contributed by atoms with Crippen molar-refractivity contribution in [3.05, 3.63) is 33.4 Å². The molecule has 2 rings (SSSR count). The monoisotopic (exact) mass is 344 g/mol. The average Bonchev–Trinajstić information content (AvgIpc) is 2.35. The number of benzene rings is 1. The minimum atomic E-state index is 0.350. The number of piperidine rings is 1. The molecule has 1 aliphatic heterocycles. The van der Waals surface area contributed by atoms with E-state index in [1.807, 2.05) is 0 Å². The second kappa shape index (κ2) is 5.67. The summed E-state index contributed by atoms with van der Waals surface area (Å²) in [6.07, 6.45) is 2.49. The van der Waals surface area contributed by atoms with Gasteiger partial charge in [0, 0.05) is 28.7 Å². The smallest absolute Gasteiger partial charge is 0.0233 e. The topological polar surface area (TPSA) is 15.3 Å². The minimum absolute atomic E-state index is 0.350. The Hall–Kier alpha value is -0.130. The second-order valence-corrected chi connectivity index (χ2v) is 6.46. The molecule has 0 bridgehead atoms. The molecule has 1 saturated heterocycles. The molecule has 3 heteroatoms. The number of nitrogens with one attached hydrogen (secondary N) is 1. The van der Waals surface area contributed by atoms with Crippen LogP contribution in [0.2, 0.25) is 0 Å². The normalized spacial score (nSPS) is 20.4. The Labute approximate surface area is 118 Å². The van der Waals surface area contributed by atoms with Gasteiger partial charge in [0.05, 0.1) is 0 Å². The lowest BCUT2D eigenvalue weighted by Gasteiger charge is -2.39. The van der Waals surface area contributed by atoms with Crippen LogP contribution in [0.1, 0.15) is 25.3 Å². The summed E-state index contributed by atoms with van der Waals surface area (Å²) in [5.74, 6) is 0. The summed E-state index contributed by atoms with van der Waals surface area (Å²) in [5.41, 5.74) is 1.78. The Bertz CT molecular complexity index is 353. The highest BCUT2D eigenvalue weighted by Crippen LogP contribution is 2.22. The molecule has 0 amide bonds. The van der Waals surface area contributed by atoms with E-state index in [4.69, 9.17) is 0 Å². The molecule has 1 aromatic carbocycles. The molecule has 1 aliphatic rings. The van der Waals surface area contributed by atoms with Crippen molar-refractivity contribution in [1.82, 2.24) is 10.2 Å². The Balaban J connectivity index is 1.88. The van der Waals surface area contributed by atoms with Crippen molar-refractivity contribution in [3.8, 4) is 0 Å². The van der Waals surface area contributed by atoms with Gasteiger partial charge < -0.3 is 5.32 Å². The van der Waals surface area contributed by atoms with E-state index >= 15 is 0 Å². The van der Waals surface area contributed by atoms with Crippen molar-refractivity contribution < 1.29 is 0 Å². The van der Waals surface area contributed by atoms with E-state index in [9.17, 15) is 0 Å². The summed E-state index contributed by atoms with van der Waals surface area (Å²) in [7, 11) is 2.08. The van der Waals surface area contributed by atoms with Crippen LogP contribution in [0.3, 0.4) is 0 Å². The zero-order valence-corrected chi connectivity index (χ0v) is 12.8. The SMILES string of the molecule is CNC1(C)CCN(Cc2ccc(I)cc2)CC1. The molecule has 0 atom stereocenters. The molecule has 1 N–H and O–H groups in total. The van der Waals surface area contributed by atoms with Crippen molar-refractivity contribution >= 4 is 22.6 Å². The Morgan fingerprint density at radius 2 is 1.82 bits per heavy atom. The Kier molecular flexibility index (Phi) is 4.44. The second-order valence-electron chi connectivity index (χ2n) is 5.21. The molecule has 1 heterocycles. The van der Waals surface area contributed by atoms with Crippen LogP contribution in [0.15, 0.2) is 24.3 Å². The fourth-order valence-corrected chi connectivity index (χ4v) is 2.66. The zero-order valence-electron chi connectivity index (χ0n) is 10.7. The predicted molar refractivity (Wildman–Crippen MR) is 81.1 cm³/mol. The average molecular weight is 344 g/mol. The molecule has 0 spiro atoms. The summed E-state index contributed by atoms with van der Waals surface area (Å²) < 4.78 is 1.31. The van der Waals surface area contributed by atoms with Gasteiger partial charge in [0.2, 0.25) is 0 Å².